The molecule has 1 heterocycles. The summed E-state index contributed by atoms with van der Waals surface area (Å²) in [4.78, 5) is 3.86. The van der Waals surface area contributed by atoms with Gasteiger partial charge in [0.15, 0.2) is 16.2 Å². The first kappa shape index (κ1) is 13.1. The van der Waals surface area contributed by atoms with Crippen molar-refractivity contribution in [3.8, 4) is 0 Å². The molecule has 0 saturated heterocycles. The van der Waals surface area contributed by atoms with Crippen molar-refractivity contribution in [1.29, 1.82) is 0 Å². The Morgan fingerprint density at radius 3 is 2.81 bits per heavy atom. The lowest BCUT2D eigenvalue weighted by Gasteiger charge is -2.03. The molecule has 0 radical (unpaired) electrons. The molecule has 0 aliphatic carbocycles. The third-order valence-corrected chi connectivity index (χ3v) is 3.88. The molecule has 92 valence electrons. The van der Waals surface area contributed by atoms with E-state index in [1.54, 1.807) is 0 Å². The molecule has 0 aliphatic heterocycles. The van der Waals surface area contributed by atoms with Crippen LogP contribution in [0.1, 0.15) is 19.2 Å². The summed E-state index contributed by atoms with van der Waals surface area (Å²) >= 11 is 0. The van der Waals surface area contributed by atoms with E-state index in [1.165, 1.54) is 6.33 Å². The van der Waals surface area contributed by atoms with Gasteiger partial charge in [-0.3, -0.25) is 0 Å². The van der Waals surface area contributed by atoms with Crippen LogP contribution in [0.5, 0.6) is 0 Å². The minimum absolute atomic E-state index is 0.185. The van der Waals surface area contributed by atoms with E-state index in [4.69, 9.17) is 4.52 Å². The maximum absolute atomic E-state index is 11.3. The molecule has 16 heavy (non-hydrogen) atoms. The molecule has 1 N–H and O–H groups in total. The predicted octanol–water partition coefficient (Wildman–Crippen LogP) is 0.0265. The number of nitrogens with one attached hydrogen (secondary N) is 1. The highest BCUT2D eigenvalue weighted by Gasteiger charge is 2.08. The Morgan fingerprint density at radius 1 is 1.38 bits per heavy atom. The zero-order valence-corrected chi connectivity index (χ0v) is 10.2. The Balaban J connectivity index is 2.08. The van der Waals surface area contributed by atoms with Crippen molar-refractivity contribution in [1.82, 2.24) is 15.5 Å². The van der Waals surface area contributed by atoms with E-state index in [-0.39, 0.29) is 11.5 Å². The number of nitrogens with zero attached hydrogens (tertiary/aromatic N) is 2. The summed E-state index contributed by atoms with van der Waals surface area (Å²) < 4.78 is 27.5. The van der Waals surface area contributed by atoms with Crippen molar-refractivity contribution in [3.63, 3.8) is 0 Å². The molecule has 1 aromatic heterocycles. The molecular weight excluding hydrogens is 230 g/mol. The molecule has 0 aromatic carbocycles. The molecule has 0 fully saturated rings. The highest BCUT2D eigenvalue weighted by atomic mass is 32.2. The smallest absolute Gasteiger partial charge is 0.227 e. The van der Waals surface area contributed by atoms with Crippen LogP contribution in [-0.2, 0) is 16.3 Å². The van der Waals surface area contributed by atoms with Gasteiger partial charge in [-0.1, -0.05) is 12.1 Å². The van der Waals surface area contributed by atoms with Gasteiger partial charge in [0.2, 0.25) is 5.89 Å². The number of hydrogen-bond acceptors (Lipinski definition) is 6. The minimum Gasteiger partial charge on any atom is -0.340 e. The lowest BCUT2D eigenvalue weighted by molar-refractivity contribution is 0.375. The van der Waals surface area contributed by atoms with E-state index >= 15 is 0 Å². The number of rotatable bonds is 8. The Bertz CT molecular complexity index is 375. The van der Waals surface area contributed by atoms with Crippen molar-refractivity contribution in [3.05, 3.63) is 12.2 Å². The summed E-state index contributed by atoms with van der Waals surface area (Å²) in [6.07, 6.45) is 2.64. The van der Waals surface area contributed by atoms with E-state index in [0.29, 0.717) is 31.8 Å². The number of aromatic nitrogens is 2. The van der Waals surface area contributed by atoms with Gasteiger partial charge < -0.3 is 9.84 Å². The van der Waals surface area contributed by atoms with Crippen LogP contribution in [0.15, 0.2) is 10.9 Å². The maximum Gasteiger partial charge on any atom is 0.227 e. The molecule has 0 atom stereocenters. The summed E-state index contributed by atoms with van der Waals surface area (Å²) in [5.74, 6) is 1.01. The average molecular weight is 247 g/mol. The molecule has 0 aliphatic rings. The van der Waals surface area contributed by atoms with Gasteiger partial charge in [0.05, 0.1) is 5.75 Å². The first-order chi connectivity index (χ1) is 7.64. The van der Waals surface area contributed by atoms with Crippen molar-refractivity contribution < 1.29 is 12.9 Å². The Labute approximate surface area is 95.3 Å². The third kappa shape index (κ3) is 5.22. The third-order valence-electron chi connectivity index (χ3n) is 2.03. The highest BCUT2D eigenvalue weighted by molar-refractivity contribution is 7.91. The van der Waals surface area contributed by atoms with Crippen LogP contribution in [0.3, 0.4) is 0 Å². The second-order valence-electron chi connectivity index (χ2n) is 3.49. The van der Waals surface area contributed by atoms with Crippen LogP contribution >= 0.6 is 0 Å². The van der Waals surface area contributed by atoms with Gasteiger partial charge in [-0.2, -0.15) is 4.98 Å². The van der Waals surface area contributed by atoms with Crippen LogP contribution in [0, 0.1) is 0 Å². The fourth-order valence-corrected chi connectivity index (χ4v) is 2.55. The van der Waals surface area contributed by atoms with E-state index in [1.807, 2.05) is 6.92 Å². The van der Waals surface area contributed by atoms with Crippen molar-refractivity contribution >= 4 is 9.84 Å². The predicted molar refractivity (Wildman–Crippen MR) is 59.8 cm³/mol. The molecule has 0 spiro atoms. The molecule has 0 amide bonds. The fraction of sp³-hybridized carbons (Fsp3) is 0.778. The normalized spacial score (nSPS) is 11.8. The lowest BCUT2D eigenvalue weighted by Crippen LogP contribution is -2.26. The fourth-order valence-electron chi connectivity index (χ4n) is 1.27. The van der Waals surface area contributed by atoms with Crippen LogP contribution < -0.4 is 5.32 Å². The van der Waals surface area contributed by atoms with Gasteiger partial charge in [0.1, 0.15) is 0 Å². The van der Waals surface area contributed by atoms with Crippen molar-refractivity contribution in [2.75, 3.05) is 24.6 Å². The second kappa shape index (κ2) is 6.59. The van der Waals surface area contributed by atoms with E-state index in [9.17, 15) is 8.42 Å². The lowest BCUT2D eigenvalue weighted by atomic mass is 10.4. The van der Waals surface area contributed by atoms with E-state index in [2.05, 4.69) is 15.5 Å². The van der Waals surface area contributed by atoms with Crippen molar-refractivity contribution in [2.45, 2.75) is 19.8 Å². The monoisotopic (exact) mass is 247 g/mol. The number of hydrogen-bond donors (Lipinski definition) is 1. The molecule has 0 saturated carbocycles. The van der Waals surface area contributed by atoms with Crippen LogP contribution in [0.2, 0.25) is 0 Å². The van der Waals surface area contributed by atoms with Crippen molar-refractivity contribution in [2.24, 2.45) is 0 Å². The molecule has 0 unspecified atom stereocenters. The van der Waals surface area contributed by atoms with E-state index < -0.39 is 9.84 Å². The summed E-state index contributed by atoms with van der Waals surface area (Å²) in [6.45, 7) is 2.97. The second-order valence-corrected chi connectivity index (χ2v) is 5.79. The largest absolute Gasteiger partial charge is 0.340 e. The molecular formula is C9H17N3O3S. The van der Waals surface area contributed by atoms with Gasteiger partial charge in [-0.15, -0.1) is 0 Å². The zero-order chi connectivity index (χ0) is 11.9. The molecule has 0 bridgehead atoms. The van der Waals surface area contributed by atoms with Gasteiger partial charge in [0, 0.05) is 25.3 Å². The summed E-state index contributed by atoms with van der Waals surface area (Å²) in [5.41, 5.74) is 0. The summed E-state index contributed by atoms with van der Waals surface area (Å²) in [5, 5.41) is 6.51. The molecule has 6 nitrogen and oxygen atoms in total. The Morgan fingerprint density at radius 2 is 2.19 bits per heavy atom. The van der Waals surface area contributed by atoms with Gasteiger partial charge in [-0.05, 0) is 6.42 Å². The topological polar surface area (TPSA) is 85.1 Å². The van der Waals surface area contributed by atoms with Crippen LogP contribution in [-0.4, -0.2) is 43.2 Å². The molecule has 1 aromatic rings. The SMILES string of the molecule is CCCS(=O)(=O)CCNCCc1ncno1. The Hall–Kier alpha value is -0.950. The van der Waals surface area contributed by atoms with Crippen LogP contribution in [0.4, 0.5) is 0 Å². The maximum atomic E-state index is 11.3. The summed E-state index contributed by atoms with van der Waals surface area (Å²) in [7, 11) is -2.88. The molecule has 1 rings (SSSR count). The first-order valence-electron chi connectivity index (χ1n) is 5.31. The van der Waals surface area contributed by atoms with Gasteiger partial charge in [0.25, 0.3) is 0 Å². The standard InChI is InChI=1S/C9H17N3O3S/c1-2-6-16(13,14)7-5-10-4-3-9-11-8-12-15-9/h8,10H,2-7H2,1H3. The van der Waals surface area contributed by atoms with Crippen LogP contribution in [0.25, 0.3) is 0 Å². The highest BCUT2D eigenvalue weighted by Crippen LogP contribution is 1.93. The van der Waals surface area contributed by atoms with Gasteiger partial charge in [-0.25, -0.2) is 8.42 Å². The molecule has 7 heteroatoms. The van der Waals surface area contributed by atoms with E-state index in [0.717, 1.165) is 0 Å². The van der Waals surface area contributed by atoms with Gasteiger partial charge >= 0.3 is 0 Å². The first-order valence-corrected chi connectivity index (χ1v) is 7.13. The Kier molecular flexibility index (Phi) is 5.41. The summed E-state index contributed by atoms with van der Waals surface area (Å²) in [6, 6.07) is 0. The number of sulfone groups is 1. The minimum atomic E-state index is -2.88. The quantitative estimate of drug-likeness (QED) is 0.652. The zero-order valence-electron chi connectivity index (χ0n) is 9.35. The average Bonchev–Trinajstić information content (AvgIpc) is 2.69.